The lowest BCUT2D eigenvalue weighted by molar-refractivity contribution is 0.466. The number of anilines is 1. The van der Waals surface area contributed by atoms with Crippen molar-refractivity contribution in [2.24, 2.45) is 0 Å². The Kier molecular flexibility index (Phi) is 4.42. The first-order valence-electron chi connectivity index (χ1n) is 5.81. The second-order valence-corrected chi connectivity index (χ2v) is 7.20. The Bertz CT molecular complexity index is 705. The highest BCUT2D eigenvalue weighted by Gasteiger charge is 2.21. The van der Waals surface area contributed by atoms with Gasteiger partial charge in [-0.05, 0) is 51.8 Å². The van der Waals surface area contributed by atoms with Crippen molar-refractivity contribution >= 4 is 31.6 Å². The quantitative estimate of drug-likeness (QED) is 0.853. The van der Waals surface area contributed by atoms with E-state index in [1.165, 1.54) is 23.5 Å². The number of aromatic nitrogens is 1. The van der Waals surface area contributed by atoms with Gasteiger partial charge in [-0.3, -0.25) is 4.98 Å². The molecule has 0 amide bonds. The summed E-state index contributed by atoms with van der Waals surface area (Å²) in [4.78, 5) is 4.08. The molecule has 0 fully saturated rings. The zero-order valence-corrected chi connectivity index (χ0v) is 13.2. The summed E-state index contributed by atoms with van der Waals surface area (Å²) in [5.41, 5.74) is 7.00. The Morgan fingerprint density at radius 1 is 1.25 bits per heavy atom. The van der Waals surface area contributed by atoms with E-state index in [1.54, 1.807) is 30.6 Å². The van der Waals surface area contributed by atoms with Crippen molar-refractivity contribution in [2.75, 3.05) is 12.8 Å². The standard InChI is InChI=1S/C13H14BrN3O2S/c1-17(9-10-4-6-16-7-5-10)20(18,19)11-2-3-12(14)13(15)8-11/h2-8H,9,15H2,1H3. The SMILES string of the molecule is CN(Cc1ccncc1)S(=O)(=O)c1ccc(Br)c(N)c1. The molecule has 7 heteroatoms. The average Bonchev–Trinajstić information content (AvgIpc) is 2.42. The van der Waals surface area contributed by atoms with E-state index in [1.807, 2.05) is 0 Å². The van der Waals surface area contributed by atoms with Crippen molar-refractivity contribution in [3.05, 3.63) is 52.8 Å². The number of nitrogens with two attached hydrogens (primary N) is 1. The van der Waals surface area contributed by atoms with Crippen LogP contribution in [0.3, 0.4) is 0 Å². The Labute approximate surface area is 126 Å². The molecule has 0 radical (unpaired) electrons. The molecule has 0 saturated heterocycles. The van der Waals surface area contributed by atoms with Crippen LogP contribution in [0.2, 0.25) is 0 Å². The fraction of sp³-hybridized carbons (Fsp3) is 0.154. The minimum Gasteiger partial charge on any atom is -0.398 e. The van der Waals surface area contributed by atoms with Gasteiger partial charge < -0.3 is 5.73 Å². The maximum Gasteiger partial charge on any atom is 0.243 e. The van der Waals surface area contributed by atoms with Crippen LogP contribution in [0.25, 0.3) is 0 Å². The molecule has 0 spiro atoms. The monoisotopic (exact) mass is 355 g/mol. The molecule has 20 heavy (non-hydrogen) atoms. The van der Waals surface area contributed by atoms with Crippen LogP contribution in [0.15, 0.2) is 52.1 Å². The Morgan fingerprint density at radius 3 is 2.50 bits per heavy atom. The number of nitrogen functional groups attached to an aromatic ring is 1. The molecule has 2 aromatic rings. The van der Waals surface area contributed by atoms with Crippen LogP contribution in [0, 0.1) is 0 Å². The molecule has 5 nitrogen and oxygen atoms in total. The van der Waals surface area contributed by atoms with Crippen LogP contribution in [-0.2, 0) is 16.6 Å². The zero-order chi connectivity index (χ0) is 14.8. The van der Waals surface area contributed by atoms with Crippen LogP contribution in [0.4, 0.5) is 5.69 Å². The van der Waals surface area contributed by atoms with Crippen molar-refractivity contribution < 1.29 is 8.42 Å². The largest absolute Gasteiger partial charge is 0.398 e. The highest BCUT2D eigenvalue weighted by molar-refractivity contribution is 9.10. The number of rotatable bonds is 4. The fourth-order valence-corrected chi connectivity index (χ4v) is 3.13. The molecule has 2 rings (SSSR count). The predicted molar refractivity (Wildman–Crippen MR) is 81.4 cm³/mol. The van der Waals surface area contributed by atoms with E-state index in [2.05, 4.69) is 20.9 Å². The highest BCUT2D eigenvalue weighted by atomic mass is 79.9. The van der Waals surface area contributed by atoms with Gasteiger partial charge in [0.1, 0.15) is 0 Å². The maximum atomic E-state index is 12.4. The van der Waals surface area contributed by atoms with Crippen LogP contribution >= 0.6 is 15.9 Å². The van der Waals surface area contributed by atoms with Crippen LogP contribution in [0.5, 0.6) is 0 Å². The van der Waals surface area contributed by atoms with Gasteiger partial charge in [0, 0.05) is 36.1 Å². The van der Waals surface area contributed by atoms with Crippen molar-refractivity contribution in [2.45, 2.75) is 11.4 Å². The molecular weight excluding hydrogens is 342 g/mol. The molecule has 2 N–H and O–H groups in total. The number of halogens is 1. The van der Waals surface area contributed by atoms with E-state index >= 15 is 0 Å². The topological polar surface area (TPSA) is 76.3 Å². The fourth-order valence-electron chi connectivity index (χ4n) is 1.69. The van der Waals surface area contributed by atoms with Crippen molar-refractivity contribution in [1.82, 2.24) is 9.29 Å². The van der Waals surface area contributed by atoms with Gasteiger partial charge >= 0.3 is 0 Å². The molecule has 1 aromatic carbocycles. The van der Waals surface area contributed by atoms with E-state index < -0.39 is 10.0 Å². The van der Waals surface area contributed by atoms with Crippen molar-refractivity contribution in [3.63, 3.8) is 0 Å². The molecule has 0 atom stereocenters. The van der Waals surface area contributed by atoms with Gasteiger partial charge in [-0.2, -0.15) is 4.31 Å². The first-order valence-corrected chi connectivity index (χ1v) is 8.05. The van der Waals surface area contributed by atoms with Crippen LogP contribution in [-0.4, -0.2) is 24.8 Å². The number of pyridine rings is 1. The van der Waals surface area contributed by atoms with Gasteiger partial charge in [0.2, 0.25) is 10.0 Å². The number of nitrogens with zero attached hydrogens (tertiary/aromatic N) is 2. The molecule has 0 saturated carbocycles. The number of hydrogen-bond acceptors (Lipinski definition) is 4. The summed E-state index contributed by atoms with van der Waals surface area (Å²) in [6, 6.07) is 8.16. The van der Waals surface area contributed by atoms with Crippen molar-refractivity contribution in [3.8, 4) is 0 Å². The lowest BCUT2D eigenvalue weighted by atomic mass is 10.3. The summed E-state index contributed by atoms with van der Waals surface area (Å²) in [5.74, 6) is 0. The molecular formula is C13H14BrN3O2S. The van der Waals surface area contributed by atoms with E-state index in [9.17, 15) is 8.42 Å². The van der Waals surface area contributed by atoms with Gasteiger partial charge in [-0.1, -0.05) is 0 Å². The van der Waals surface area contributed by atoms with Gasteiger partial charge in [-0.25, -0.2) is 8.42 Å². The van der Waals surface area contributed by atoms with Crippen LogP contribution < -0.4 is 5.73 Å². The second-order valence-electron chi connectivity index (χ2n) is 4.30. The van der Waals surface area contributed by atoms with Gasteiger partial charge in [0.25, 0.3) is 0 Å². The Hall–Kier alpha value is -1.44. The zero-order valence-electron chi connectivity index (χ0n) is 10.8. The highest BCUT2D eigenvalue weighted by Crippen LogP contribution is 2.25. The van der Waals surface area contributed by atoms with E-state index in [0.29, 0.717) is 10.2 Å². The third kappa shape index (κ3) is 3.17. The normalized spacial score (nSPS) is 11.8. The lowest BCUT2D eigenvalue weighted by Gasteiger charge is -2.17. The minimum atomic E-state index is -3.56. The number of sulfonamides is 1. The van der Waals surface area contributed by atoms with Gasteiger partial charge in [-0.15, -0.1) is 0 Å². The smallest absolute Gasteiger partial charge is 0.243 e. The van der Waals surface area contributed by atoms with Gasteiger partial charge in [0.05, 0.1) is 4.90 Å². The molecule has 106 valence electrons. The average molecular weight is 356 g/mol. The number of benzene rings is 1. The van der Waals surface area contributed by atoms with E-state index in [4.69, 9.17) is 5.73 Å². The minimum absolute atomic E-state index is 0.176. The molecule has 1 aromatic heterocycles. The van der Waals surface area contributed by atoms with Gasteiger partial charge in [0.15, 0.2) is 0 Å². The third-order valence-corrected chi connectivity index (χ3v) is 5.35. The summed E-state index contributed by atoms with van der Waals surface area (Å²) >= 11 is 3.25. The first kappa shape index (κ1) is 15.0. The predicted octanol–water partition coefficient (Wildman–Crippen LogP) is 2.25. The lowest BCUT2D eigenvalue weighted by Crippen LogP contribution is -2.26. The molecule has 1 heterocycles. The Morgan fingerprint density at radius 2 is 1.90 bits per heavy atom. The van der Waals surface area contributed by atoms with Crippen molar-refractivity contribution in [1.29, 1.82) is 0 Å². The summed E-state index contributed by atoms with van der Waals surface area (Å²) in [5, 5.41) is 0. The maximum absolute atomic E-state index is 12.4. The summed E-state index contributed by atoms with van der Waals surface area (Å²) in [6.45, 7) is 0.279. The number of hydrogen-bond donors (Lipinski definition) is 1. The van der Waals surface area contributed by atoms with Crippen LogP contribution in [0.1, 0.15) is 5.56 Å². The van der Waals surface area contributed by atoms with E-state index in [0.717, 1.165) is 5.56 Å². The molecule has 0 aliphatic rings. The molecule has 0 aliphatic heterocycles. The first-order chi connectivity index (χ1) is 9.41. The summed E-state index contributed by atoms with van der Waals surface area (Å²) in [6.07, 6.45) is 3.26. The summed E-state index contributed by atoms with van der Waals surface area (Å²) < 4.78 is 26.8. The molecule has 0 aliphatic carbocycles. The van der Waals surface area contributed by atoms with E-state index in [-0.39, 0.29) is 11.4 Å². The third-order valence-electron chi connectivity index (χ3n) is 2.83. The Balaban J connectivity index is 2.27. The molecule has 0 bridgehead atoms. The summed E-state index contributed by atoms with van der Waals surface area (Å²) in [7, 11) is -2.03. The molecule has 0 unspecified atom stereocenters. The second kappa shape index (κ2) is 5.90.